The third-order valence-corrected chi connectivity index (χ3v) is 4.82. The molecule has 0 amide bonds. The Morgan fingerprint density at radius 1 is 1.08 bits per heavy atom. The van der Waals surface area contributed by atoms with Gasteiger partial charge in [0.25, 0.3) is 0 Å². The molecule has 0 aliphatic heterocycles. The van der Waals surface area contributed by atoms with Crippen molar-refractivity contribution >= 4 is 34.5 Å². The van der Waals surface area contributed by atoms with Gasteiger partial charge in [-0.25, -0.2) is 14.4 Å². The Morgan fingerprint density at radius 2 is 1.92 bits per heavy atom. The van der Waals surface area contributed by atoms with E-state index in [4.69, 9.17) is 11.6 Å². The molecule has 0 spiro atoms. The first-order chi connectivity index (χ1) is 12.2. The van der Waals surface area contributed by atoms with E-state index in [1.54, 1.807) is 16.8 Å². The summed E-state index contributed by atoms with van der Waals surface area (Å²) in [5.74, 6) is 0.399. The molecule has 0 saturated carbocycles. The van der Waals surface area contributed by atoms with Gasteiger partial charge in [-0.3, -0.25) is 0 Å². The Kier molecular flexibility index (Phi) is 4.33. The van der Waals surface area contributed by atoms with Crippen molar-refractivity contribution in [3.63, 3.8) is 0 Å². The molecule has 25 heavy (non-hydrogen) atoms. The van der Waals surface area contributed by atoms with Crippen LogP contribution in [0.15, 0.2) is 59.9 Å². The normalized spacial score (nSPS) is 11.1. The van der Waals surface area contributed by atoms with Gasteiger partial charge in [-0.15, -0.1) is 5.10 Å². The zero-order chi connectivity index (χ0) is 17.2. The molecule has 5 nitrogen and oxygen atoms in total. The fourth-order valence-corrected chi connectivity index (χ4v) is 3.45. The lowest BCUT2D eigenvalue weighted by Gasteiger charge is -2.03. The van der Waals surface area contributed by atoms with Crippen LogP contribution in [0.25, 0.3) is 16.9 Å². The van der Waals surface area contributed by atoms with Crippen molar-refractivity contribution in [1.82, 2.24) is 25.0 Å². The summed E-state index contributed by atoms with van der Waals surface area (Å²) in [6.45, 7) is 0. The van der Waals surface area contributed by atoms with Gasteiger partial charge in [-0.2, -0.15) is 4.68 Å². The van der Waals surface area contributed by atoms with Gasteiger partial charge >= 0.3 is 0 Å². The van der Waals surface area contributed by atoms with Crippen LogP contribution < -0.4 is 0 Å². The summed E-state index contributed by atoms with van der Waals surface area (Å²) in [7, 11) is 0. The lowest BCUT2D eigenvalue weighted by atomic mass is 10.2. The number of hydrogen-bond acceptors (Lipinski definition) is 5. The monoisotopic (exact) mass is 371 g/mol. The van der Waals surface area contributed by atoms with E-state index in [9.17, 15) is 4.39 Å². The Hall–Kier alpha value is -2.51. The van der Waals surface area contributed by atoms with Gasteiger partial charge in [0, 0.05) is 10.8 Å². The molecule has 0 unspecified atom stereocenters. The van der Waals surface area contributed by atoms with E-state index in [1.165, 1.54) is 30.2 Å². The zero-order valence-electron chi connectivity index (χ0n) is 12.8. The first kappa shape index (κ1) is 16.0. The Bertz CT molecular complexity index is 1030. The van der Waals surface area contributed by atoms with Gasteiger partial charge < -0.3 is 0 Å². The van der Waals surface area contributed by atoms with Gasteiger partial charge in [-0.1, -0.05) is 40.7 Å². The predicted octanol–water partition coefficient (Wildman–Crippen LogP) is 4.30. The van der Waals surface area contributed by atoms with Crippen molar-refractivity contribution in [1.29, 1.82) is 0 Å². The van der Waals surface area contributed by atoms with Crippen molar-refractivity contribution < 1.29 is 4.39 Å². The second-order valence-electron chi connectivity index (χ2n) is 5.25. The molecular formula is C17H11ClFN5S. The molecule has 124 valence electrons. The van der Waals surface area contributed by atoms with Crippen molar-refractivity contribution in [3.05, 3.63) is 71.3 Å². The maximum atomic E-state index is 13.1. The first-order valence-electron chi connectivity index (χ1n) is 7.40. The van der Waals surface area contributed by atoms with Gasteiger partial charge in [0.05, 0.1) is 5.69 Å². The molecule has 4 aromatic rings. The molecule has 0 fully saturated rings. The number of thioether (sulfide) groups is 1. The second kappa shape index (κ2) is 6.78. The third-order valence-electron chi connectivity index (χ3n) is 3.54. The van der Waals surface area contributed by atoms with E-state index in [0.29, 0.717) is 27.6 Å². The third kappa shape index (κ3) is 3.33. The van der Waals surface area contributed by atoms with Crippen LogP contribution in [-0.4, -0.2) is 25.0 Å². The molecule has 0 aliphatic carbocycles. The Morgan fingerprint density at radius 3 is 2.72 bits per heavy atom. The van der Waals surface area contributed by atoms with Gasteiger partial charge in [0.2, 0.25) is 0 Å². The highest BCUT2D eigenvalue weighted by molar-refractivity contribution is 7.98. The molecule has 8 heteroatoms. The number of fused-ring (bicyclic) bond motifs is 1. The maximum absolute atomic E-state index is 13.1. The Labute approximate surface area is 151 Å². The number of rotatable bonds is 4. The second-order valence-corrected chi connectivity index (χ2v) is 6.65. The molecule has 2 aromatic carbocycles. The van der Waals surface area contributed by atoms with Crippen molar-refractivity contribution in [2.45, 2.75) is 10.8 Å². The van der Waals surface area contributed by atoms with E-state index < -0.39 is 0 Å². The van der Waals surface area contributed by atoms with E-state index in [2.05, 4.69) is 20.3 Å². The molecule has 4 rings (SSSR count). The van der Waals surface area contributed by atoms with Crippen LogP contribution in [0, 0.1) is 5.82 Å². The molecule has 0 saturated heterocycles. The topological polar surface area (TPSA) is 56.5 Å². The Balaban J connectivity index is 1.66. The number of nitrogens with zero attached hydrogens (tertiary/aromatic N) is 5. The molecule has 0 N–H and O–H groups in total. The summed E-state index contributed by atoms with van der Waals surface area (Å²) in [5.41, 5.74) is 2.97. The number of halogens is 2. The average molecular weight is 372 g/mol. The molecule has 0 atom stereocenters. The predicted molar refractivity (Wildman–Crippen MR) is 95.4 cm³/mol. The van der Waals surface area contributed by atoms with Crippen LogP contribution in [-0.2, 0) is 5.75 Å². The van der Waals surface area contributed by atoms with Crippen LogP contribution in [0.5, 0.6) is 0 Å². The SMILES string of the molecule is Fc1ccc(-n2nnc3c(SCc4cccc(Cl)c4)ncnc32)cc1. The molecule has 0 radical (unpaired) electrons. The van der Waals surface area contributed by atoms with Crippen LogP contribution in [0.4, 0.5) is 4.39 Å². The largest absolute Gasteiger partial charge is 0.227 e. The molecule has 0 bridgehead atoms. The van der Waals surface area contributed by atoms with Crippen molar-refractivity contribution in [3.8, 4) is 5.69 Å². The highest BCUT2D eigenvalue weighted by atomic mass is 35.5. The fourth-order valence-electron chi connectivity index (χ4n) is 2.37. The first-order valence-corrected chi connectivity index (χ1v) is 8.77. The van der Waals surface area contributed by atoms with Crippen LogP contribution in [0.3, 0.4) is 0 Å². The summed E-state index contributed by atoms with van der Waals surface area (Å²) < 4.78 is 14.7. The lowest BCUT2D eigenvalue weighted by molar-refractivity contribution is 0.627. The summed E-state index contributed by atoms with van der Waals surface area (Å²) in [6.07, 6.45) is 1.48. The summed E-state index contributed by atoms with van der Waals surface area (Å²) in [6, 6.07) is 13.7. The minimum absolute atomic E-state index is 0.305. The molecular weight excluding hydrogens is 361 g/mol. The molecule has 2 aromatic heterocycles. The smallest absolute Gasteiger partial charge is 0.187 e. The number of hydrogen-bond donors (Lipinski definition) is 0. The lowest BCUT2D eigenvalue weighted by Crippen LogP contribution is -1.98. The van der Waals surface area contributed by atoms with Crippen LogP contribution >= 0.6 is 23.4 Å². The van der Waals surface area contributed by atoms with E-state index >= 15 is 0 Å². The summed E-state index contributed by atoms with van der Waals surface area (Å²) >= 11 is 7.55. The number of aromatic nitrogens is 5. The quantitative estimate of drug-likeness (QED) is 0.395. The van der Waals surface area contributed by atoms with Crippen molar-refractivity contribution in [2.24, 2.45) is 0 Å². The van der Waals surface area contributed by atoms with Crippen LogP contribution in [0.2, 0.25) is 5.02 Å². The average Bonchev–Trinajstić information content (AvgIpc) is 3.05. The van der Waals surface area contributed by atoms with Gasteiger partial charge in [0.15, 0.2) is 11.2 Å². The standard InChI is InChI=1S/C17H11ClFN5S/c18-12-3-1-2-11(8-12)9-25-17-15-16(20-10-21-17)24(23-22-15)14-6-4-13(19)5-7-14/h1-8,10H,9H2. The maximum Gasteiger partial charge on any atom is 0.187 e. The minimum Gasteiger partial charge on any atom is -0.227 e. The summed E-state index contributed by atoms with van der Waals surface area (Å²) in [4.78, 5) is 8.58. The fraction of sp³-hybridized carbons (Fsp3) is 0.0588. The minimum atomic E-state index is -0.305. The number of benzene rings is 2. The van der Waals surface area contributed by atoms with Crippen LogP contribution in [0.1, 0.15) is 5.56 Å². The van der Waals surface area contributed by atoms with Gasteiger partial charge in [0.1, 0.15) is 17.2 Å². The van der Waals surface area contributed by atoms with Gasteiger partial charge in [-0.05, 0) is 42.0 Å². The van der Waals surface area contributed by atoms with Crippen molar-refractivity contribution in [2.75, 3.05) is 0 Å². The highest BCUT2D eigenvalue weighted by Crippen LogP contribution is 2.27. The zero-order valence-corrected chi connectivity index (χ0v) is 14.4. The molecule has 0 aliphatic rings. The highest BCUT2D eigenvalue weighted by Gasteiger charge is 2.13. The van der Waals surface area contributed by atoms with E-state index in [-0.39, 0.29) is 5.82 Å². The molecule has 2 heterocycles. The summed E-state index contributed by atoms with van der Waals surface area (Å²) in [5, 5.41) is 9.76. The van der Waals surface area contributed by atoms with E-state index in [1.807, 2.05) is 24.3 Å². The van der Waals surface area contributed by atoms with E-state index in [0.717, 1.165) is 10.6 Å².